The molecule has 1 aromatic carbocycles. The van der Waals surface area contributed by atoms with Crippen LogP contribution in [0.4, 0.5) is 0 Å². The molecule has 0 heterocycles. The maximum Gasteiger partial charge on any atom is 0.177 e. The first-order chi connectivity index (χ1) is 6.11. The van der Waals surface area contributed by atoms with E-state index in [1.54, 1.807) is 0 Å². The number of Topliss-reactive ketones (excluding diaryl/α,β-unsaturated/α-hetero) is 1. The predicted molar refractivity (Wildman–Crippen MR) is 54.1 cm³/mol. The van der Waals surface area contributed by atoms with Crippen molar-refractivity contribution in [3.63, 3.8) is 0 Å². The van der Waals surface area contributed by atoms with E-state index in [1.165, 1.54) is 0 Å². The van der Waals surface area contributed by atoms with Gasteiger partial charge in [0, 0.05) is 5.56 Å². The maximum absolute atomic E-state index is 11.6. The van der Waals surface area contributed by atoms with Gasteiger partial charge in [-0.15, -0.1) is 0 Å². The molecule has 0 saturated heterocycles. The van der Waals surface area contributed by atoms with Gasteiger partial charge in [-0.3, -0.25) is 4.79 Å². The van der Waals surface area contributed by atoms with E-state index >= 15 is 0 Å². The van der Waals surface area contributed by atoms with Crippen LogP contribution >= 0.6 is 0 Å². The highest BCUT2D eigenvalue weighted by molar-refractivity contribution is 5.98. The molecule has 70 valence electrons. The molecule has 0 unspecified atom stereocenters. The molecule has 0 aromatic heterocycles. The molecule has 0 N–H and O–H groups in total. The van der Waals surface area contributed by atoms with E-state index in [9.17, 15) is 4.79 Å². The SMILES string of the molecule is Cc1ccccc1C(=O)CN(C)C. The smallest absolute Gasteiger partial charge is 0.177 e. The Hall–Kier alpha value is -1.15. The van der Waals surface area contributed by atoms with E-state index in [0.29, 0.717) is 6.54 Å². The van der Waals surface area contributed by atoms with Crippen molar-refractivity contribution in [3.8, 4) is 0 Å². The molecule has 13 heavy (non-hydrogen) atoms. The molecular weight excluding hydrogens is 162 g/mol. The molecule has 2 nitrogen and oxygen atoms in total. The zero-order valence-corrected chi connectivity index (χ0v) is 8.37. The summed E-state index contributed by atoms with van der Waals surface area (Å²) in [6, 6.07) is 7.68. The lowest BCUT2D eigenvalue weighted by atomic mass is 10.1. The summed E-state index contributed by atoms with van der Waals surface area (Å²) in [7, 11) is 3.80. The quantitative estimate of drug-likeness (QED) is 0.655. The number of carbonyl (C=O) groups excluding carboxylic acids is 1. The molecule has 1 rings (SSSR count). The summed E-state index contributed by atoms with van der Waals surface area (Å²) in [5.74, 6) is 0.183. The number of rotatable bonds is 3. The number of carbonyl (C=O) groups is 1. The summed E-state index contributed by atoms with van der Waals surface area (Å²) in [5.41, 5.74) is 1.88. The first-order valence-electron chi connectivity index (χ1n) is 4.35. The van der Waals surface area contributed by atoms with Crippen molar-refractivity contribution in [1.82, 2.24) is 4.90 Å². The lowest BCUT2D eigenvalue weighted by molar-refractivity contribution is 0.0957. The number of nitrogens with zero attached hydrogens (tertiary/aromatic N) is 1. The minimum atomic E-state index is 0.183. The Morgan fingerprint density at radius 1 is 1.31 bits per heavy atom. The summed E-state index contributed by atoms with van der Waals surface area (Å²) < 4.78 is 0. The van der Waals surface area contributed by atoms with Crippen molar-refractivity contribution in [2.24, 2.45) is 0 Å². The van der Waals surface area contributed by atoms with Gasteiger partial charge in [0.1, 0.15) is 0 Å². The zero-order valence-electron chi connectivity index (χ0n) is 8.37. The summed E-state index contributed by atoms with van der Waals surface area (Å²) in [5, 5.41) is 0. The van der Waals surface area contributed by atoms with Crippen LogP contribution in [0.3, 0.4) is 0 Å². The zero-order chi connectivity index (χ0) is 9.84. The average molecular weight is 177 g/mol. The van der Waals surface area contributed by atoms with Crippen LogP contribution in [0.1, 0.15) is 15.9 Å². The topological polar surface area (TPSA) is 20.3 Å². The van der Waals surface area contributed by atoms with E-state index in [2.05, 4.69) is 0 Å². The van der Waals surface area contributed by atoms with Crippen LogP contribution < -0.4 is 0 Å². The van der Waals surface area contributed by atoms with Gasteiger partial charge in [-0.1, -0.05) is 24.3 Å². The Labute approximate surface area is 79.2 Å². The molecule has 0 aliphatic carbocycles. The number of aryl methyl sites for hydroxylation is 1. The maximum atomic E-state index is 11.6. The monoisotopic (exact) mass is 177 g/mol. The van der Waals surface area contributed by atoms with Crippen molar-refractivity contribution < 1.29 is 4.79 Å². The normalized spacial score (nSPS) is 10.5. The molecule has 0 aliphatic heterocycles. The first-order valence-corrected chi connectivity index (χ1v) is 4.35. The van der Waals surface area contributed by atoms with Gasteiger partial charge in [-0.05, 0) is 26.6 Å². The van der Waals surface area contributed by atoms with Crippen LogP contribution in [0.25, 0.3) is 0 Å². The second kappa shape index (κ2) is 4.19. The fourth-order valence-electron chi connectivity index (χ4n) is 1.26. The van der Waals surface area contributed by atoms with Gasteiger partial charge in [0.2, 0.25) is 0 Å². The third-order valence-electron chi connectivity index (χ3n) is 1.91. The van der Waals surface area contributed by atoms with Gasteiger partial charge in [0.15, 0.2) is 5.78 Å². The molecule has 0 atom stereocenters. The molecule has 1 aromatic rings. The summed E-state index contributed by atoms with van der Waals surface area (Å²) in [6.45, 7) is 2.44. The van der Waals surface area contributed by atoms with Crippen LogP contribution in [0, 0.1) is 6.92 Å². The molecule has 0 saturated carbocycles. The van der Waals surface area contributed by atoms with Gasteiger partial charge in [-0.2, -0.15) is 0 Å². The predicted octanol–water partition coefficient (Wildman–Crippen LogP) is 1.74. The number of likely N-dealkylation sites (N-methyl/N-ethyl adjacent to an activating group) is 1. The number of benzene rings is 1. The number of ketones is 1. The largest absolute Gasteiger partial charge is 0.302 e. The molecule has 0 radical (unpaired) electrons. The van der Waals surface area contributed by atoms with E-state index in [4.69, 9.17) is 0 Å². The van der Waals surface area contributed by atoms with Gasteiger partial charge in [-0.25, -0.2) is 0 Å². The van der Waals surface area contributed by atoms with Crippen LogP contribution in [-0.4, -0.2) is 31.3 Å². The van der Waals surface area contributed by atoms with Crippen molar-refractivity contribution >= 4 is 5.78 Å². The minimum absolute atomic E-state index is 0.183. The molecule has 0 spiro atoms. The van der Waals surface area contributed by atoms with E-state index in [1.807, 2.05) is 50.2 Å². The summed E-state index contributed by atoms with van der Waals surface area (Å²) in [6.07, 6.45) is 0. The molecular formula is C11H15NO. The Balaban J connectivity index is 2.83. The Morgan fingerprint density at radius 2 is 1.92 bits per heavy atom. The third kappa shape index (κ3) is 2.67. The Kier molecular flexibility index (Phi) is 3.20. The highest BCUT2D eigenvalue weighted by Gasteiger charge is 2.08. The van der Waals surface area contributed by atoms with Gasteiger partial charge in [0.25, 0.3) is 0 Å². The van der Waals surface area contributed by atoms with E-state index < -0.39 is 0 Å². The van der Waals surface area contributed by atoms with Crippen LogP contribution in [0.15, 0.2) is 24.3 Å². The second-order valence-corrected chi connectivity index (χ2v) is 3.48. The van der Waals surface area contributed by atoms with Crippen molar-refractivity contribution in [3.05, 3.63) is 35.4 Å². The molecule has 0 amide bonds. The Bertz CT molecular complexity index is 305. The minimum Gasteiger partial charge on any atom is -0.302 e. The van der Waals surface area contributed by atoms with Crippen molar-refractivity contribution in [2.75, 3.05) is 20.6 Å². The van der Waals surface area contributed by atoms with E-state index in [-0.39, 0.29) is 5.78 Å². The second-order valence-electron chi connectivity index (χ2n) is 3.48. The average Bonchev–Trinajstić information content (AvgIpc) is 2.03. The van der Waals surface area contributed by atoms with E-state index in [0.717, 1.165) is 11.1 Å². The lowest BCUT2D eigenvalue weighted by Gasteiger charge is -2.09. The van der Waals surface area contributed by atoms with Gasteiger partial charge < -0.3 is 4.90 Å². The van der Waals surface area contributed by atoms with Crippen LogP contribution in [0.2, 0.25) is 0 Å². The number of hydrogen-bond acceptors (Lipinski definition) is 2. The molecule has 2 heteroatoms. The number of hydrogen-bond donors (Lipinski definition) is 0. The molecule has 0 fully saturated rings. The summed E-state index contributed by atoms with van der Waals surface area (Å²) in [4.78, 5) is 13.5. The van der Waals surface area contributed by atoms with Gasteiger partial charge in [0.05, 0.1) is 6.54 Å². The van der Waals surface area contributed by atoms with Crippen LogP contribution in [-0.2, 0) is 0 Å². The highest BCUT2D eigenvalue weighted by atomic mass is 16.1. The molecule has 0 bridgehead atoms. The van der Waals surface area contributed by atoms with Gasteiger partial charge >= 0.3 is 0 Å². The standard InChI is InChI=1S/C11H15NO/c1-9-6-4-5-7-10(9)11(13)8-12(2)3/h4-7H,8H2,1-3H3. The first kappa shape index (κ1) is 9.93. The molecule has 0 aliphatic rings. The highest BCUT2D eigenvalue weighted by Crippen LogP contribution is 2.07. The lowest BCUT2D eigenvalue weighted by Crippen LogP contribution is -2.22. The van der Waals surface area contributed by atoms with Crippen LogP contribution in [0.5, 0.6) is 0 Å². The third-order valence-corrected chi connectivity index (χ3v) is 1.91. The summed E-state index contributed by atoms with van der Waals surface area (Å²) >= 11 is 0. The fraction of sp³-hybridized carbons (Fsp3) is 0.364. The fourth-order valence-corrected chi connectivity index (χ4v) is 1.26. The van der Waals surface area contributed by atoms with Crippen molar-refractivity contribution in [1.29, 1.82) is 0 Å². The van der Waals surface area contributed by atoms with Crippen molar-refractivity contribution in [2.45, 2.75) is 6.92 Å². The Morgan fingerprint density at radius 3 is 2.46 bits per heavy atom.